The molecule has 6 rings (SSSR count). The first-order chi connectivity index (χ1) is 17.0. The van der Waals surface area contributed by atoms with Gasteiger partial charge in [-0.3, -0.25) is 9.48 Å². The number of nitrogens with zero attached hydrogens (tertiary/aromatic N) is 5. The first-order valence-electron chi connectivity index (χ1n) is 11.7. The van der Waals surface area contributed by atoms with Gasteiger partial charge in [0.05, 0.1) is 36.9 Å². The zero-order chi connectivity index (χ0) is 24.1. The summed E-state index contributed by atoms with van der Waals surface area (Å²) in [6.45, 7) is 1.11. The van der Waals surface area contributed by atoms with E-state index in [1.807, 2.05) is 19.3 Å². The topological polar surface area (TPSA) is 95.6 Å². The molecule has 0 radical (unpaired) electrons. The van der Waals surface area contributed by atoms with Gasteiger partial charge < -0.3 is 14.8 Å². The van der Waals surface area contributed by atoms with Crippen molar-refractivity contribution in [2.45, 2.75) is 31.3 Å². The highest BCUT2D eigenvalue weighted by Gasteiger charge is 2.30. The minimum absolute atomic E-state index is 0.128. The van der Waals surface area contributed by atoms with Crippen molar-refractivity contribution in [3.63, 3.8) is 0 Å². The van der Waals surface area contributed by atoms with Gasteiger partial charge in [-0.25, -0.2) is 13.9 Å². The van der Waals surface area contributed by atoms with Crippen molar-refractivity contribution in [3.8, 4) is 28.3 Å². The van der Waals surface area contributed by atoms with Crippen LogP contribution >= 0.6 is 0 Å². The van der Waals surface area contributed by atoms with Gasteiger partial charge in [-0.15, -0.1) is 5.10 Å². The molecular formula is C25H25FN6O3. The number of hydrogen-bond donors (Lipinski definition) is 1. The van der Waals surface area contributed by atoms with Gasteiger partial charge in [-0.2, -0.15) is 5.10 Å². The molecule has 0 bridgehead atoms. The minimum Gasteiger partial charge on any atom is -0.470 e. The van der Waals surface area contributed by atoms with Crippen LogP contribution in [0.5, 0.6) is 5.88 Å². The molecule has 1 N–H and O–H groups in total. The van der Waals surface area contributed by atoms with Crippen molar-refractivity contribution in [1.82, 2.24) is 29.7 Å². The maximum Gasteiger partial charge on any atom is 0.251 e. The fourth-order valence-electron chi connectivity index (χ4n) is 4.50. The number of nitrogens with one attached hydrogen (secondary N) is 1. The second kappa shape index (κ2) is 8.46. The second-order valence-corrected chi connectivity index (χ2v) is 9.06. The van der Waals surface area contributed by atoms with Gasteiger partial charge in [0, 0.05) is 43.4 Å². The number of aryl methyl sites for hydroxylation is 1. The lowest BCUT2D eigenvalue weighted by molar-refractivity contribution is 0.0963. The molecule has 1 atom stereocenters. The predicted molar refractivity (Wildman–Crippen MR) is 126 cm³/mol. The van der Waals surface area contributed by atoms with Crippen LogP contribution < -0.4 is 10.1 Å². The van der Waals surface area contributed by atoms with E-state index in [0.29, 0.717) is 41.6 Å². The van der Waals surface area contributed by atoms with Gasteiger partial charge in [-0.05, 0) is 42.5 Å². The number of fused-ring (bicyclic) bond motifs is 1. The summed E-state index contributed by atoms with van der Waals surface area (Å²) < 4.78 is 30.7. The number of carbonyl (C=O) groups excluding carboxylic acids is 1. The third kappa shape index (κ3) is 3.93. The van der Waals surface area contributed by atoms with E-state index in [0.717, 1.165) is 30.4 Å². The lowest BCUT2D eigenvalue weighted by Gasteiger charge is -2.15. The molecule has 1 saturated carbocycles. The number of hydrogen-bond acceptors (Lipinski definition) is 6. The Morgan fingerprint density at radius 2 is 2.06 bits per heavy atom. The Bertz CT molecular complexity index is 1430. The number of halogens is 1. The van der Waals surface area contributed by atoms with Gasteiger partial charge in [-0.1, -0.05) is 0 Å². The molecule has 35 heavy (non-hydrogen) atoms. The molecule has 2 fully saturated rings. The molecule has 1 aromatic carbocycles. The van der Waals surface area contributed by atoms with Gasteiger partial charge in [0.1, 0.15) is 11.9 Å². The van der Waals surface area contributed by atoms with Crippen LogP contribution in [0.15, 0.2) is 36.8 Å². The van der Waals surface area contributed by atoms with E-state index in [9.17, 15) is 4.79 Å². The molecule has 1 unspecified atom stereocenters. The van der Waals surface area contributed by atoms with Gasteiger partial charge >= 0.3 is 0 Å². The van der Waals surface area contributed by atoms with Crippen molar-refractivity contribution in [2.75, 3.05) is 20.3 Å². The largest absolute Gasteiger partial charge is 0.470 e. The quantitative estimate of drug-likeness (QED) is 0.459. The van der Waals surface area contributed by atoms with Crippen LogP contribution in [0.2, 0.25) is 0 Å². The molecule has 1 amide bonds. The monoisotopic (exact) mass is 476 g/mol. The van der Waals surface area contributed by atoms with E-state index in [2.05, 4.69) is 15.4 Å². The number of benzene rings is 1. The maximum atomic E-state index is 15.7. The summed E-state index contributed by atoms with van der Waals surface area (Å²) in [5.41, 5.74) is 3.83. The molecule has 2 aliphatic rings. The molecular weight excluding hydrogens is 451 g/mol. The first-order valence-corrected chi connectivity index (χ1v) is 11.7. The van der Waals surface area contributed by atoms with Gasteiger partial charge in [0.15, 0.2) is 5.65 Å². The van der Waals surface area contributed by atoms with Crippen LogP contribution in [0.3, 0.4) is 0 Å². The number of imidazole rings is 1. The summed E-state index contributed by atoms with van der Waals surface area (Å²) in [5.74, 6) is -0.0831. The molecule has 0 spiro atoms. The highest BCUT2D eigenvalue weighted by Crippen LogP contribution is 2.44. The van der Waals surface area contributed by atoms with Crippen molar-refractivity contribution >= 4 is 11.6 Å². The average molecular weight is 477 g/mol. The number of aromatic nitrogens is 5. The molecule has 4 aromatic rings. The highest BCUT2D eigenvalue weighted by molar-refractivity contribution is 5.95. The maximum absolute atomic E-state index is 15.7. The molecule has 10 heteroatoms. The van der Waals surface area contributed by atoms with Crippen molar-refractivity contribution in [2.24, 2.45) is 7.05 Å². The fourth-order valence-corrected chi connectivity index (χ4v) is 4.50. The summed E-state index contributed by atoms with van der Waals surface area (Å²) in [6, 6.07) is 5.08. The van der Waals surface area contributed by atoms with Crippen LogP contribution in [-0.2, 0) is 11.8 Å². The van der Waals surface area contributed by atoms with Crippen molar-refractivity contribution in [3.05, 3.63) is 53.7 Å². The Kier molecular flexibility index (Phi) is 5.25. The third-order valence-corrected chi connectivity index (χ3v) is 6.52. The van der Waals surface area contributed by atoms with Crippen LogP contribution in [0.25, 0.3) is 28.0 Å². The summed E-state index contributed by atoms with van der Waals surface area (Å²) in [7, 11) is 3.41. The Labute approximate surface area is 200 Å². The molecule has 180 valence electrons. The van der Waals surface area contributed by atoms with E-state index in [4.69, 9.17) is 14.6 Å². The molecule has 9 nitrogen and oxygen atoms in total. The predicted octanol–water partition coefficient (Wildman–Crippen LogP) is 3.34. The van der Waals surface area contributed by atoms with E-state index in [1.165, 1.54) is 0 Å². The third-order valence-electron chi connectivity index (χ3n) is 6.52. The Balaban J connectivity index is 1.52. The van der Waals surface area contributed by atoms with Crippen LogP contribution in [0.1, 0.15) is 41.1 Å². The molecule has 3 aromatic heterocycles. The highest BCUT2D eigenvalue weighted by atomic mass is 19.1. The van der Waals surface area contributed by atoms with Crippen LogP contribution in [-0.4, -0.2) is 56.7 Å². The van der Waals surface area contributed by atoms with E-state index in [-0.39, 0.29) is 29.3 Å². The number of ether oxygens (including phenoxy) is 2. The molecule has 1 aliphatic carbocycles. The Morgan fingerprint density at radius 1 is 1.20 bits per heavy atom. The lowest BCUT2D eigenvalue weighted by atomic mass is 9.99. The van der Waals surface area contributed by atoms with E-state index < -0.39 is 0 Å². The van der Waals surface area contributed by atoms with E-state index >= 15 is 4.39 Å². The fraction of sp³-hybridized carbons (Fsp3) is 0.360. The normalized spacial score (nSPS) is 17.7. The SMILES string of the molecule is CNC(=O)c1cc(-c2cnc3cc(-c4cnn(C)c4)c(OC4CCOC4)nn23)c(F)c(C2CC2)c1. The van der Waals surface area contributed by atoms with Crippen molar-refractivity contribution in [1.29, 1.82) is 0 Å². The van der Waals surface area contributed by atoms with Gasteiger partial charge in [0.2, 0.25) is 5.88 Å². The molecule has 1 saturated heterocycles. The number of carbonyl (C=O) groups is 1. The molecule has 4 heterocycles. The van der Waals surface area contributed by atoms with Crippen LogP contribution in [0, 0.1) is 5.82 Å². The van der Waals surface area contributed by atoms with Crippen molar-refractivity contribution < 1.29 is 18.7 Å². The zero-order valence-corrected chi connectivity index (χ0v) is 19.5. The first kappa shape index (κ1) is 21.7. The molecule has 1 aliphatic heterocycles. The summed E-state index contributed by atoms with van der Waals surface area (Å²) in [4.78, 5) is 17.0. The van der Waals surface area contributed by atoms with Crippen LogP contribution in [0.4, 0.5) is 4.39 Å². The summed E-state index contributed by atoms with van der Waals surface area (Å²) in [6.07, 6.45) is 7.66. The number of amides is 1. The number of rotatable bonds is 6. The average Bonchev–Trinajstić information content (AvgIpc) is 3.20. The van der Waals surface area contributed by atoms with Gasteiger partial charge in [0.25, 0.3) is 5.91 Å². The lowest BCUT2D eigenvalue weighted by Crippen LogP contribution is -2.19. The standard InChI is InChI=1S/C25H25FN6O3/c1-27-24(33)15-7-18(14-3-4-14)23(26)20(8-15)21-11-28-22-9-19(16-10-29-31(2)12-16)25(30-32(21)22)35-17-5-6-34-13-17/h7-12,14,17H,3-6,13H2,1-2H3,(H,27,33). The summed E-state index contributed by atoms with van der Waals surface area (Å²) >= 11 is 0. The second-order valence-electron chi connectivity index (χ2n) is 9.06. The Morgan fingerprint density at radius 3 is 2.74 bits per heavy atom. The van der Waals surface area contributed by atoms with E-state index in [1.54, 1.807) is 40.8 Å². The summed E-state index contributed by atoms with van der Waals surface area (Å²) in [5, 5.41) is 11.7. The minimum atomic E-state index is -0.341. The Hall–Kier alpha value is -3.79. The smallest absolute Gasteiger partial charge is 0.251 e. The zero-order valence-electron chi connectivity index (χ0n) is 19.5.